The molecule has 1 aromatic carbocycles. The van der Waals surface area contributed by atoms with Crippen molar-refractivity contribution in [3.8, 4) is 17.2 Å². The maximum atomic E-state index is 12.8. The number of nitrogens with zero attached hydrogens (tertiary/aromatic N) is 2. The van der Waals surface area contributed by atoms with Crippen LogP contribution in [0.3, 0.4) is 0 Å². The summed E-state index contributed by atoms with van der Waals surface area (Å²) in [6, 6.07) is 3.76. The number of guanidine groups is 1. The number of benzene rings is 1. The van der Waals surface area contributed by atoms with Gasteiger partial charge in [0.25, 0.3) is 0 Å². The number of carbonyl (C=O) groups is 1. The molecule has 0 radical (unpaired) electrons. The highest BCUT2D eigenvalue weighted by molar-refractivity contribution is 5.85. The maximum Gasteiger partial charge on any atom is 0.230 e. The highest BCUT2D eigenvalue weighted by Gasteiger charge is 2.42. The number of hydrogen-bond donors (Lipinski definition) is 2. The van der Waals surface area contributed by atoms with Crippen LogP contribution in [-0.4, -0.2) is 65.3 Å². The molecule has 1 saturated carbocycles. The summed E-state index contributed by atoms with van der Waals surface area (Å²) in [5.41, 5.74) is 0.521. The van der Waals surface area contributed by atoms with Crippen LogP contribution >= 0.6 is 0 Å². The van der Waals surface area contributed by atoms with Crippen molar-refractivity contribution < 1.29 is 19.0 Å². The highest BCUT2D eigenvalue weighted by atomic mass is 16.5. The average Bonchev–Trinajstić information content (AvgIpc) is 3.24. The first-order chi connectivity index (χ1) is 14.4. The maximum absolute atomic E-state index is 12.8. The molecule has 0 bridgehead atoms. The molecule has 1 aliphatic rings. The van der Waals surface area contributed by atoms with Gasteiger partial charge in [-0.05, 0) is 31.9 Å². The van der Waals surface area contributed by atoms with Crippen molar-refractivity contribution in [1.29, 1.82) is 0 Å². The Balaban J connectivity index is 2.19. The Kier molecular flexibility index (Phi) is 8.62. The molecule has 1 aromatic rings. The van der Waals surface area contributed by atoms with Crippen LogP contribution in [0.1, 0.15) is 38.2 Å². The first-order valence-electron chi connectivity index (χ1n) is 10.4. The lowest BCUT2D eigenvalue weighted by Gasteiger charge is -2.31. The molecular weight excluding hydrogens is 384 g/mol. The van der Waals surface area contributed by atoms with E-state index in [0.717, 1.165) is 37.8 Å². The number of methoxy groups -OCH3 is 3. The minimum atomic E-state index is -0.360. The van der Waals surface area contributed by atoms with Crippen molar-refractivity contribution >= 4 is 11.9 Å². The van der Waals surface area contributed by atoms with Crippen LogP contribution in [0.5, 0.6) is 17.2 Å². The van der Waals surface area contributed by atoms with E-state index in [1.807, 2.05) is 33.2 Å². The first kappa shape index (κ1) is 23.6. The van der Waals surface area contributed by atoms with Gasteiger partial charge in [0.15, 0.2) is 17.5 Å². The van der Waals surface area contributed by atoms with E-state index in [2.05, 4.69) is 10.6 Å². The minimum absolute atomic E-state index is 0.185. The van der Waals surface area contributed by atoms with Gasteiger partial charge in [0.05, 0.1) is 33.3 Å². The molecule has 168 valence electrons. The molecule has 0 atom stereocenters. The summed E-state index contributed by atoms with van der Waals surface area (Å²) in [6.07, 6.45) is 3.97. The number of aliphatic imine (C=N–C) groups is 1. The third kappa shape index (κ3) is 5.29. The molecule has 0 spiro atoms. The van der Waals surface area contributed by atoms with Crippen LogP contribution < -0.4 is 24.8 Å². The lowest BCUT2D eigenvalue weighted by atomic mass is 9.84. The Labute approximate surface area is 180 Å². The van der Waals surface area contributed by atoms with E-state index < -0.39 is 0 Å². The van der Waals surface area contributed by atoms with Gasteiger partial charge in [-0.1, -0.05) is 12.8 Å². The molecule has 0 saturated heterocycles. The molecule has 0 aromatic heterocycles. The summed E-state index contributed by atoms with van der Waals surface area (Å²) in [7, 11) is 8.43. The van der Waals surface area contributed by atoms with Crippen molar-refractivity contribution in [2.45, 2.75) is 39.2 Å². The fraction of sp³-hybridized carbons (Fsp3) is 0.636. The number of ether oxygens (including phenoxy) is 3. The van der Waals surface area contributed by atoms with Gasteiger partial charge in [0.2, 0.25) is 11.7 Å². The fourth-order valence-corrected chi connectivity index (χ4v) is 4.04. The first-order valence-corrected chi connectivity index (χ1v) is 10.4. The molecule has 1 aliphatic carbocycles. The van der Waals surface area contributed by atoms with Crippen LogP contribution in [0.4, 0.5) is 0 Å². The Morgan fingerprint density at radius 3 is 2.27 bits per heavy atom. The molecule has 30 heavy (non-hydrogen) atoms. The lowest BCUT2D eigenvalue weighted by molar-refractivity contribution is -0.138. The van der Waals surface area contributed by atoms with Crippen molar-refractivity contribution in [3.05, 3.63) is 17.7 Å². The van der Waals surface area contributed by atoms with E-state index in [-0.39, 0.29) is 11.3 Å². The molecule has 8 nitrogen and oxygen atoms in total. The second kappa shape index (κ2) is 10.9. The predicted octanol–water partition coefficient (Wildman–Crippen LogP) is 2.42. The normalized spacial score (nSPS) is 15.5. The molecule has 0 heterocycles. The van der Waals surface area contributed by atoms with Gasteiger partial charge in [-0.2, -0.15) is 0 Å². The second-order valence-electron chi connectivity index (χ2n) is 7.73. The van der Waals surface area contributed by atoms with Crippen LogP contribution in [0.25, 0.3) is 0 Å². The molecule has 2 rings (SSSR count). The molecule has 0 aliphatic heterocycles. The number of hydrogen-bond acceptors (Lipinski definition) is 5. The Hall–Kier alpha value is -2.64. The summed E-state index contributed by atoms with van der Waals surface area (Å²) in [6.45, 7) is 3.71. The van der Waals surface area contributed by atoms with Crippen LogP contribution in [-0.2, 0) is 11.3 Å². The fourth-order valence-electron chi connectivity index (χ4n) is 4.04. The van der Waals surface area contributed by atoms with E-state index in [9.17, 15) is 4.79 Å². The van der Waals surface area contributed by atoms with E-state index in [1.54, 1.807) is 26.2 Å². The molecular formula is C22H36N4O4. The molecule has 8 heteroatoms. The van der Waals surface area contributed by atoms with Gasteiger partial charge in [0, 0.05) is 32.7 Å². The van der Waals surface area contributed by atoms with Crippen LogP contribution in [0.2, 0.25) is 0 Å². The third-order valence-corrected chi connectivity index (χ3v) is 5.55. The lowest BCUT2D eigenvalue weighted by Crippen LogP contribution is -2.49. The number of carbonyl (C=O) groups excluding carboxylic acids is 1. The zero-order valence-electron chi connectivity index (χ0n) is 19.1. The average molecular weight is 421 g/mol. The van der Waals surface area contributed by atoms with E-state index in [4.69, 9.17) is 19.2 Å². The van der Waals surface area contributed by atoms with Crippen LogP contribution in [0, 0.1) is 5.41 Å². The predicted molar refractivity (Wildman–Crippen MR) is 119 cm³/mol. The molecule has 1 fully saturated rings. The monoisotopic (exact) mass is 420 g/mol. The van der Waals surface area contributed by atoms with Gasteiger partial charge in [-0.15, -0.1) is 0 Å². The Morgan fingerprint density at radius 1 is 1.07 bits per heavy atom. The minimum Gasteiger partial charge on any atom is -0.493 e. The number of rotatable bonds is 9. The van der Waals surface area contributed by atoms with Crippen molar-refractivity contribution in [1.82, 2.24) is 15.5 Å². The Morgan fingerprint density at radius 2 is 1.73 bits per heavy atom. The van der Waals surface area contributed by atoms with E-state index in [1.165, 1.54) is 0 Å². The van der Waals surface area contributed by atoms with Crippen LogP contribution in [0.15, 0.2) is 17.1 Å². The van der Waals surface area contributed by atoms with E-state index >= 15 is 0 Å². The molecule has 1 amide bonds. The number of amides is 1. The van der Waals surface area contributed by atoms with Crippen molar-refractivity contribution in [3.63, 3.8) is 0 Å². The van der Waals surface area contributed by atoms with Gasteiger partial charge in [-0.3, -0.25) is 4.79 Å². The van der Waals surface area contributed by atoms with Gasteiger partial charge < -0.3 is 29.7 Å². The quantitative estimate of drug-likeness (QED) is 0.472. The van der Waals surface area contributed by atoms with Gasteiger partial charge in [-0.25, -0.2) is 4.99 Å². The molecule has 0 unspecified atom stereocenters. The van der Waals surface area contributed by atoms with Crippen molar-refractivity contribution in [2.75, 3.05) is 48.5 Å². The van der Waals surface area contributed by atoms with Gasteiger partial charge >= 0.3 is 0 Å². The SMILES string of the molecule is CCNC(=NCc1ccc(OC)c(OC)c1OC)NCC1(C(=O)N(C)C)CCCC1. The zero-order valence-corrected chi connectivity index (χ0v) is 19.1. The smallest absolute Gasteiger partial charge is 0.230 e. The topological polar surface area (TPSA) is 84.4 Å². The summed E-state index contributed by atoms with van der Waals surface area (Å²) in [5.74, 6) is 2.62. The highest BCUT2D eigenvalue weighted by Crippen LogP contribution is 2.40. The van der Waals surface area contributed by atoms with Crippen molar-refractivity contribution in [2.24, 2.45) is 10.4 Å². The third-order valence-electron chi connectivity index (χ3n) is 5.55. The summed E-state index contributed by atoms with van der Waals surface area (Å²) >= 11 is 0. The van der Waals surface area contributed by atoms with E-state index in [0.29, 0.717) is 36.3 Å². The standard InChI is InChI=1S/C22H36N4O4/c1-7-23-21(25-15-22(12-8-9-13-22)20(27)26(2)3)24-14-16-10-11-17(28-4)19(30-6)18(16)29-5/h10-11H,7-9,12-15H2,1-6H3,(H2,23,24,25). The molecule has 2 N–H and O–H groups in total. The second-order valence-corrected chi connectivity index (χ2v) is 7.73. The summed E-state index contributed by atoms with van der Waals surface area (Å²) < 4.78 is 16.4. The number of nitrogens with one attached hydrogen (secondary N) is 2. The summed E-state index contributed by atoms with van der Waals surface area (Å²) in [5, 5.41) is 6.66. The van der Waals surface area contributed by atoms with Gasteiger partial charge in [0.1, 0.15) is 0 Å². The largest absolute Gasteiger partial charge is 0.493 e. The Bertz CT molecular complexity index is 743. The summed E-state index contributed by atoms with van der Waals surface area (Å²) in [4.78, 5) is 19.2. The zero-order chi connectivity index (χ0) is 22.1.